The molecule has 2 heterocycles. The maximum absolute atomic E-state index is 13.6. The third-order valence-electron chi connectivity index (χ3n) is 5.48. The molecule has 180 valence electrons. The molecule has 0 radical (unpaired) electrons. The summed E-state index contributed by atoms with van der Waals surface area (Å²) in [6.07, 6.45) is -4.47. The molecule has 5 rings (SSSR count). The second kappa shape index (κ2) is 8.54. The van der Waals surface area contributed by atoms with Gasteiger partial charge in [-0.1, -0.05) is 48.2 Å². The van der Waals surface area contributed by atoms with E-state index in [2.05, 4.69) is 10.1 Å². The summed E-state index contributed by atoms with van der Waals surface area (Å²) in [5.74, 6) is -0.681. The van der Waals surface area contributed by atoms with Crippen LogP contribution >= 0.6 is 24.0 Å². The number of carbonyl (C=O) groups is 1. The molecule has 0 aliphatic carbocycles. The minimum Gasteiger partial charge on any atom is -0.406 e. The topological polar surface area (TPSA) is 77.4 Å². The number of hydrogen-bond donors (Lipinski definition) is 1. The molecular formula is C23H15F3N2O4S3. The van der Waals surface area contributed by atoms with E-state index >= 15 is 0 Å². The van der Waals surface area contributed by atoms with Crippen LogP contribution in [0.2, 0.25) is 0 Å². The molecule has 1 N–H and O–H groups in total. The smallest absolute Gasteiger partial charge is 0.406 e. The van der Waals surface area contributed by atoms with Crippen LogP contribution in [-0.2, 0) is 21.2 Å². The fourth-order valence-corrected chi connectivity index (χ4v) is 6.87. The Morgan fingerprint density at radius 1 is 1.00 bits per heavy atom. The first-order chi connectivity index (χ1) is 16.5. The summed E-state index contributed by atoms with van der Waals surface area (Å²) in [5, 5.41) is 3.60. The molecule has 3 aromatic carbocycles. The number of para-hydroxylation sites is 1. The summed E-state index contributed by atoms with van der Waals surface area (Å²) >= 11 is 6.33. The minimum absolute atomic E-state index is 0.164. The van der Waals surface area contributed by atoms with Gasteiger partial charge in [0.15, 0.2) is 0 Å². The molecule has 0 spiro atoms. The molecule has 1 aliphatic heterocycles. The number of amides is 1. The van der Waals surface area contributed by atoms with Crippen molar-refractivity contribution in [2.24, 2.45) is 0 Å². The molecule has 1 amide bonds. The number of aromatic nitrogens is 1. The number of ether oxygens (including phenoxy) is 1. The van der Waals surface area contributed by atoms with Crippen LogP contribution in [0.5, 0.6) is 5.75 Å². The Hall–Kier alpha value is -3.09. The molecule has 1 unspecified atom stereocenters. The van der Waals surface area contributed by atoms with Crippen LogP contribution in [-0.4, -0.2) is 34.2 Å². The maximum Gasteiger partial charge on any atom is 0.573 e. The van der Waals surface area contributed by atoms with Crippen molar-refractivity contribution in [2.45, 2.75) is 22.9 Å². The Bertz CT molecular complexity index is 1600. The van der Waals surface area contributed by atoms with Crippen LogP contribution in [0.3, 0.4) is 0 Å². The van der Waals surface area contributed by atoms with E-state index in [1.165, 1.54) is 15.7 Å². The standard InChI is InChI=1S/C23H15F3N2O4S3/c24-23(25,26)32-14-6-8-15(9-7-14)35(30,31)28-18-4-2-1-3-16(18)17-11-13(5-10-19(17)28)12-20-21(29)27-22(33)34-20/h1-11,20H,12H2,(H,27,29,33). The lowest BCUT2D eigenvalue weighted by Crippen LogP contribution is -2.25. The molecule has 1 atom stereocenters. The third-order valence-corrected chi connectivity index (χ3v) is 8.59. The first-order valence-electron chi connectivity index (χ1n) is 10.2. The fourth-order valence-electron chi connectivity index (χ4n) is 4.03. The quantitative estimate of drug-likeness (QED) is 0.362. The number of benzene rings is 3. The van der Waals surface area contributed by atoms with Crippen molar-refractivity contribution in [2.75, 3.05) is 0 Å². The van der Waals surface area contributed by atoms with E-state index in [-0.39, 0.29) is 16.1 Å². The maximum atomic E-state index is 13.6. The summed E-state index contributed by atoms with van der Waals surface area (Å²) in [4.78, 5) is 11.9. The predicted molar refractivity (Wildman–Crippen MR) is 131 cm³/mol. The summed E-state index contributed by atoms with van der Waals surface area (Å²) in [5.41, 5.74) is 1.66. The van der Waals surface area contributed by atoms with Crippen LogP contribution in [0, 0.1) is 0 Å². The molecule has 1 saturated heterocycles. The van der Waals surface area contributed by atoms with Gasteiger partial charge in [-0.05, 0) is 54.4 Å². The predicted octanol–water partition coefficient (Wildman–Crippen LogP) is 4.99. The number of hydrogen-bond acceptors (Lipinski definition) is 6. The summed E-state index contributed by atoms with van der Waals surface area (Å²) in [6.45, 7) is 0. The highest BCUT2D eigenvalue weighted by atomic mass is 32.2. The Morgan fingerprint density at radius 3 is 2.34 bits per heavy atom. The second-order valence-corrected chi connectivity index (χ2v) is 11.4. The van der Waals surface area contributed by atoms with E-state index in [1.807, 2.05) is 6.07 Å². The Morgan fingerprint density at radius 2 is 1.69 bits per heavy atom. The number of fused-ring (bicyclic) bond motifs is 3. The Labute approximate surface area is 207 Å². The van der Waals surface area contributed by atoms with Gasteiger partial charge in [-0.3, -0.25) is 4.79 Å². The first kappa shape index (κ1) is 23.6. The van der Waals surface area contributed by atoms with E-state index in [1.54, 1.807) is 36.4 Å². The summed E-state index contributed by atoms with van der Waals surface area (Å²) in [6, 6.07) is 16.3. The van der Waals surface area contributed by atoms with Gasteiger partial charge in [-0.2, -0.15) is 0 Å². The van der Waals surface area contributed by atoms with E-state index < -0.39 is 22.1 Å². The lowest BCUT2D eigenvalue weighted by Gasteiger charge is -2.12. The lowest BCUT2D eigenvalue weighted by molar-refractivity contribution is -0.274. The van der Waals surface area contributed by atoms with Gasteiger partial charge in [-0.15, -0.1) is 13.2 Å². The number of thioether (sulfide) groups is 1. The zero-order valence-electron chi connectivity index (χ0n) is 17.6. The van der Waals surface area contributed by atoms with Crippen molar-refractivity contribution < 1.29 is 31.1 Å². The molecule has 1 fully saturated rings. The van der Waals surface area contributed by atoms with Crippen LogP contribution in [0.25, 0.3) is 21.8 Å². The van der Waals surface area contributed by atoms with Crippen molar-refractivity contribution in [1.82, 2.24) is 9.29 Å². The van der Waals surface area contributed by atoms with Crippen molar-refractivity contribution in [3.05, 3.63) is 72.3 Å². The molecular weight excluding hydrogens is 521 g/mol. The SMILES string of the molecule is O=C1NC(=S)SC1Cc1ccc2c(c1)c1ccccc1n2S(=O)(=O)c1ccc(OC(F)(F)F)cc1. The van der Waals surface area contributed by atoms with E-state index in [9.17, 15) is 26.4 Å². The fraction of sp³-hybridized carbons (Fsp3) is 0.130. The molecule has 1 aliphatic rings. The molecule has 12 heteroatoms. The lowest BCUT2D eigenvalue weighted by atomic mass is 10.1. The number of halogens is 3. The van der Waals surface area contributed by atoms with Gasteiger partial charge >= 0.3 is 6.36 Å². The molecule has 0 bridgehead atoms. The molecule has 0 saturated carbocycles. The normalized spacial score (nSPS) is 16.7. The highest BCUT2D eigenvalue weighted by Gasteiger charge is 2.32. The summed E-state index contributed by atoms with van der Waals surface area (Å²) < 4.78 is 70.1. The number of carbonyl (C=O) groups excluding carboxylic acids is 1. The van der Waals surface area contributed by atoms with E-state index in [0.717, 1.165) is 29.8 Å². The largest absolute Gasteiger partial charge is 0.573 e. The summed E-state index contributed by atoms with van der Waals surface area (Å²) in [7, 11) is -4.17. The number of alkyl halides is 3. The van der Waals surface area contributed by atoms with Crippen molar-refractivity contribution >= 4 is 66.0 Å². The van der Waals surface area contributed by atoms with Gasteiger partial charge in [0.1, 0.15) is 10.1 Å². The highest BCUT2D eigenvalue weighted by molar-refractivity contribution is 8.24. The van der Waals surface area contributed by atoms with Crippen LogP contribution < -0.4 is 10.1 Å². The minimum atomic E-state index is -4.88. The van der Waals surface area contributed by atoms with Crippen molar-refractivity contribution in [3.63, 3.8) is 0 Å². The third kappa shape index (κ3) is 4.48. The van der Waals surface area contributed by atoms with Gasteiger partial charge < -0.3 is 10.1 Å². The highest BCUT2D eigenvalue weighted by Crippen LogP contribution is 2.35. The van der Waals surface area contributed by atoms with Crippen molar-refractivity contribution in [1.29, 1.82) is 0 Å². The van der Waals surface area contributed by atoms with Crippen LogP contribution in [0.4, 0.5) is 13.2 Å². The average molecular weight is 537 g/mol. The Kier molecular flexibility index (Phi) is 5.77. The van der Waals surface area contributed by atoms with Crippen LogP contribution in [0.15, 0.2) is 71.6 Å². The van der Waals surface area contributed by atoms with Gasteiger partial charge in [0.25, 0.3) is 10.0 Å². The van der Waals surface area contributed by atoms with Crippen LogP contribution in [0.1, 0.15) is 5.56 Å². The van der Waals surface area contributed by atoms with E-state index in [0.29, 0.717) is 32.5 Å². The van der Waals surface area contributed by atoms with Gasteiger partial charge in [-0.25, -0.2) is 12.4 Å². The number of thiocarbonyl (C=S) groups is 1. The Balaban J connectivity index is 1.59. The monoisotopic (exact) mass is 536 g/mol. The number of rotatable bonds is 5. The van der Waals surface area contributed by atoms with Gasteiger partial charge in [0.2, 0.25) is 5.91 Å². The van der Waals surface area contributed by atoms with Crippen molar-refractivity contribution in [3.8, 4) is 5.75 Å². The van der Waals surface area contributed by atoms with Gasteiger partial charge in [0, 0.05) is 10.8 Å². The number of nitrogens with one attached hydrogen (secondary N) is 1. The number of nitrogens with zero attached hydrogens (tertiary/aromatic N) is 1. The molecule has 1 aromatic heterocycles. The van der Waals surface area contributed by atoms with E-state index in [4.69, 9.17) is 12.2 Å². The molecule has 4 aromatic rings. The average Bonchev–Trinajstić information content (AvgIpc) is 3.29. The molecule has 6 nitrogen and oxygen atoms in total. The first-order valence-corrected chi connectivity index (χ1v) is 12.9. The second-order valence-electron chi connectivity index (χ2n) is 7.74. The molecule has 35 heavy (non-hydrogen) atoms. The zero-order valence-corrected chi connectivity index (χ0v) is 20.0. The van der Waals surface area contributed by atoms with Gasteiger partial charge in [0.05, 0.1) is 21.2 Å². The zero-order chi connectivity index (χ0) is 25.0.